The number of anilines is 1. The third kappa shape index (κ3) is 3.31. The number of benzene rings is 1. The summed E-state index contributed by atoms with van der Waals surface area (Å²) in [5.41, 5.74) is 2.09. The molecular formula is C19H24N5O3+. The van der Waals surface area contributed by atoms with Gasteiger partial charge in [-0.1, -0.05) is 17.7 Å². The fourth-order valence-electron chi connectivity index (χ4n) is 3.84. The number of carbonyl (C=O) groups is 3. The average molecular weight is 370 g/mol. The number of hydrogen-bond acceptors (Lipinski definition) is 5. The monoisotopic (exact) mass is 370 g/mol. The third-order valence-corrected chi connectivity index (χ3v) is 5.42. The van der Waals surface area contributed by atoms with Gasteiger partial charge in [0.2, 0.25) is 0 Å². The number of rotatable bonds is 3. The van der Waals surface area contributed by atoms with E-state index in [1.165, 1.54) is 4.90 Å². The highest BCUT2D eigenvalue weighted by atomic mass is 16.2. The molecule has 2 fully saturated rings. The number of fused-ring (bicyclic) bond motifs is 1. The lowest BCUT2D eigenvalue weighted by Gasteiger charge is -2.28. The molecule has 0 aliphatic carbocycles. The van der Waals surface area contributed by atoms with Gasteiger partial charge in [0.25, 0.3) is 18.7 Å². The fraction of sp³-hybridized carbons (Fsp3) is 0.526. The molecule has 3 amide bonds. The Labute approximate surface area is 158 Å². The van der Waals surface area contributed by atoms with E-state index < -0.39 is 18.1 Å². The molecule has 3 aliphatic heterocycles. The first kappa shape index (κ1) is 17.6. The number of hydrogen-bond donors (Lipinski definition) is 0. The first-order chi connectivity index (χ1) is 13.0. The molecule has 1 aromatic carbocycles. The molecule has 1 atom stereocenters. The van der Waals surface area contributed by atoms with E-state index in [1.54, 1.807) is 4.90 Å². The minimum absolute atomic E-state index is 0.145. The molecule has 1 unspecified atom stereocenters. The third-order valence-electron chi connectivity index (χ3n) is 5.42. The summed E-state index contributed by atoms with van der Waals surface area (Å²) in [7, 11) is 0. The SMILES string of the molecule is Cc1ccc(N2CCN3C(=O)C(=O)[N+](CC(=O)N4CCCCC4)=NC32)cc1. The molecule has 3 heterocycles. The highest BCUT2D eigenvalue weighted by molar-refractivity contribution is 6.31. The first-order valence-electron chi connectivity index (χ1n) is 9.49. The summed E-state index contributed by atoms with van der Waals surface area (Å²) in [6.45, 7) is 4.31. The molecule has 0 radical (unpaired) electrons. The molecule has 0 bridgehead atoms. The molecule has 142 valence electrons. The minimum atomic E-state index is -0.720. The molecule has 8 heteroatoms. The highest BCUT2D eigenvalue weighted by Crippen LogP contribution is 2.27. The molecule has 0 N–H and O–H groups in total. The summed E-state index contributed by atoms with van der Waals surface area (Å²) >= 11 is 0. The summed E-state index contributed by atoms with van der Waals surface area (Å²) in [5, 5.41) is 4.46. The average Bonchev–Trinajstić information content (AvgIpc) is 3.11. The van der Waals surface area contributed by atoms with Crippen molar-refractivity contribution < 1.29 is 19.1 Å². The van der Waals surface area contributed by atoms with Gasteiger partial charge in [-0.25, -0.2) is 4.79 Å². The predicted molar refractivity (Wildman–Crippen MR) is 97.0 cm³/mol. The number of piperidine rings is 1. The maximum atomic E-state index is 12.5. The Bertz CT molecular complexity index is 798. The summed E-state index contributed by atoms with van der Waals surface area (Å²) in [6.07, 6.45) is 2.51. The van der Waals surface area contributed by atoms with Crippen LogP contribution in [0.3, 0.4) is 0 Å². The van der Waals surface area contributed by atoms with Crippen molar-refractivity contribution in [3.63, 3.8) is 0 Å². The molecule has 27 heavy (non-hydrogen) atoms. The van der Waals surface area contributed by atoms with Crippen molar-refractivity contribution in [2.45, 2.75) is 32.5 Å². The van der Waals surface area contributed by atoms with E-state index in [0.717, 1.165) is 35.2 Å². The van der Waals surface area contributed by atoms with Crippen LogP contribution in [-0.4, -0.2) is 71.2 Å². The van der Waals surface area contributed by atoms with Crippen molar-refractivity contribution >= 4 is 23.4 Å². The van der Waals surface area contributed by atoms with Gasteiger partial charge in [0.15, 0.2) is 0 Å². The van der Waals surface area contributed by atoms with Gasteiger partial charge in [0, 0.05) is 37.0 Å². The van der Waals surface area contributed by atoms with Crippen molar-refractivity contribution in [2.75, 3.05) is 37.6 Å². The number of aryl methyl sites for hydroxylation is 1. The van der Waals surface area contributed by atoms with E-state index in [9.17, 15) is 14.4 Å². The van der Waals surface area contributed by atoms with Crippen LogP contribution < -0.4 is 4.90 Å². The molecule has 0 aromatic heterocycles. The van der Waals surface area contributed by atoms with Crippen LogP contribution in [-0.2, 0) is 14.4 Å². The van der Waals surface area contributed by atoms with Crippen LogP contribution in [0, 0.1) is 6.92 Å². The number of likely N-dealkylation sites (tertiary alicyclic amines) is 1. The first-order valence-corrected chi connectivity index (χ1v) is 9.49. The van der Waals surface area contributed by atoms with Gasteiger partial charge in [0.05, 0.1) is 0 Å². The second-order valence-corrected chi connectivity index (χ2v) is 7.29. The molecular weight excluding hydrogens is 346 g/mol. The second-order valence-electron chi connectivity index (χ2n) is 7.29. The highest BCUT2D eigenvalue weighted by Gasteiger charge is 2.50. The van der Waals surface area contributed by atoms with Crippen molar-refractivity contribution in [3.05, 3.63) is 29.8 Å². The second kappa shape index (κ2) is 7.09. The fourth-order valence-corrected chi connectivity index (χ4v) is 3.84. The van der Waals surface area contributed by atoms with Gasteiger partial charge in [0.1, 0.15) is 0 Å². The Balaban J connectivity index is 1.57. The number of carbonyl (C=O) groups excluding carboxylic acids is 3. The Morgan fingerprint density at radius 1 is 1.04 bits per heavy atom. The zero-order valence-corrected chi connectivity index (χ0v) is 15.5. The van der Waals surface area contributed by atoms with Crippen LogP contribution in [0.1, 0.15) is 24.8 Å². The van der Waals surface area contributed by atoms with Crippen LogP contribution in [0.25, 0.3) is 0 Å². The molecule has 1 aromatic rings. The Kier molecular flexibility index (Phi) is 4.63. The Morgan fingerprint density at radius 2 is 1.70 bits per heavy atom. The van der Waals surface area contributed by atoms with Gasteiger partial charge in [-0.2, -0.15) is 0 Å². The number of amides is 3. The quantitative estimate of drug-likeness (QED) is 0.586. The standard InChI is InChI=1S/C19H24N5O3/c1-14-5-7-15(8-6-14)22-11-12-23-17(26)18(27)24(20-19(22)23)13-16(25)21-9-3-2-4-10-21/h5-8,19H,2-4,9-13H2,1H3/q+1. The van der Waals surface area contributed by atoms with E-state index in [-0.39, 0.29) is 12.5 Å². The molecule has 0 saturated carbocycles. The van der Waals surface area contributed by atoms with Gasteiger partial charge in [-0.15, -0.1) is 0 Å². The Hall–Kier alpha value is -2.77. The van der Waals surface area contributed by atoms with Gasteiger partial charge < -0.3 is 9.80 Å². The molecule has 3 aliphatic rings. The van der Waals surface area contributed by atoms with Crippen LogP contribution >= 0.6 is 0 Å². The summed E-state index contributed by atoms with van der Waals surface area (Å²) < 4.78 is 1.06. The van der Waals surface area contributed by atoms with Crippen molar-refractivity contribution in [1.82, 2.24) is 9.80 Å². The maximum Gasteiger partial charge on any atom is 0.502 e. The van der Waals surface area contributed by atoms with Crippen LogP contribution in [0.5, 0.6) is 0 Å². The van der Waals surface area contributed by atoms with Gasteiger partial charge >= 0.3 is 11.8 Å². The smallest absolute Gasteiger partial charge is 0.337 e. The normalized spacial score (nSPS) is 22.8. The van der Waals surface area contributed by atoms with Gasteiger partial charge in [-0.05, 0) is 43.0 Å². The van der Waals surface area contributed by atoms with Crippen molar-refractivity contribution in [2.24, 2.45) is 5.11 Å². The predicted octanol–water partition coefficient (Wildman–Crippen LogP) is 0.945. The van der Waals surface area contributed by atoms with E-state index >= 15 is 0 Å². The van der Waals surface area contributed by atoms with E-state index in [2.05, 4.69) is 5.11 Å². The molecule has 4 rings (SSSR count). The largest absolute Gasteiger partial charge is 0.502 e. The van der Waals surface area contributed by atoms with E-state index in [0.29, 0.717) is 26.2 Å². The van der Waals surface area contributed by atoms with Crippen LogP contribution in [0.15, 0.2) is 29.4 Å². The zero-order valence-electron chi connectivity index (χ0n) is 15.5. The maximum absolute atomic E-state index is 12.5. The lowest BCUT2D eigenvalue weighted by atomic mass is 10.1. The Morgan fingerprint density at radius 3 is 2.41 bits per heavy atom. The van der Waals surface area contributed by atoms with Crippen molar-refractivity contribution in [1.29, 1.82) is 0 Å². The number of nitrogens with zero attached hydrogens (tertiary/aromatic N) is 5. The summed E-state index contributed by atoms with van der Waals surface area (Å²) in [5.74, 6) is -1.45. The summed E-state index contributed by atoms with van der Waals surface area (Å²) in [6, 6.07) is 7.98. The van der Waals surface area contributed by atoms with E-state index in [4.69, 9.17) is 0 Å². The minimum Gasteiger partial charge on any atom is -0.337 e. The lowest BCUT2D eigenvalue weighted by Crippen LogP contribution is -2.53. The zero-order chi connectivity index (χ0) is 19.0. The molecule has 0 spiro atoms. The number of azo groups is 2. The lowest BCUT2D eigenvalue weighted by molar-refractivity contribution is -0.510. The van der Waals surface area contributed by atoms with Crippen LogP contribution in [0.4, 0.5) is 5.69 Å². The summed E-state index contributed by atoms with van der Waals surface area (Å²) in [4.78, 5) is 42.7. The molecule has 2 saturated heterocycles. The van der Waals surface area contributed by atoms with E-state index in [1.807, 2.05) is 36.1 Å². The van der Waals surface area contributed by atoms with Gasteiger partial charge in [-0.3, -0.25) is 14.5 Å². The molecule has 8 nitrogen and oxygen atoms in total. The van der Waals surface area contributed by atoms with Crippen LogP contribution in [0.2, 0.25) is 0 Å². The van der Waals surface area contributed by atoms with Crippen molar-refractivity contribution in [3.8, 4) is 0 Å². The topological polar surface area (TPSA) is 76.3 Å².